The van der Waals surface area contributed by atoms with Gasteiger partial charge >= 0.3 is 5.97 Å². The van der Waals surface area contributed by atoms with Crippen molar-refractivity contribution in [2.45, 2.75) is 39.4 Å². The summed E-state index contributed by atoms with van der Waals surface area (Å²) in [6.45, 7) is 4.47. The molecule has 0 saturated heterocycles. The van der Waals surface area contributed by atoms with E-state index in [0.717, 1.165) is 35.3 Å². The molecule has 2 aromatic carbocycles. The maximum absolute atomic E-state index is 11.6. The van der Waals surface area contributed by atoms with Gasteiger partial charge in [-0.25, -0.2) is 4.79 Å². The topological polar surface area (TPSA) is 55.8 Å². The lowest BCUT2D eigenvalue weighted by Gasteiger charge is -2.17. The number of carbonyl (C=O) groups is 1. The van der Waals surface area contributed by atoms with Crippen LogP contribution in [-0.2, 0) is 29.0 Å². The normalized spacial score (nSPS) is 11.8. The quantitative estimate of drug-likeness (QED) is 0.789. The predicted molar refractivity (Wildman–Crippen MR) is 92.9 cm³/mol. The molecule has 0 amide bonds. The van der Waals surface area contributed by atoms with Crippen LogP contribution < -0.4 is 4.74 Å². The van der Waals surface area contributed by atoms with Crippen molar-refractivity contribution < 1.29 is 19.4 Å². The first kappa shape index (κ1) is 18.0. The number of esters is 1. The Balaban J connectivity index is 2.26. The van der Waals surface area contributed by atoms with E-state index in [4.69, 9.17) is 4.74 Å². The van der Waals surface area contributed by atoms with Crippen molar-refractivity contribution in [1.82, 2.24) is 0 Å². The van der Waals surface area contributed by atoms with Gasteiger partial charge in [-0.3, -0.25) is 0 Å². The molecule has 2 aromatic rings. The zero-order chi connectivity index (χ0) is 17.5. The third-order valence-electron chi connectivity index (χ3n) is 4.09. The van der Waals surface area contributed by atoms with Gasteiger partial charge < -0.3 is 14.6 Å². The predicted octanol–water partition coefficient (Wildman–Crippen LogP) is 3.60. The number of aliphatic hydroxyl groups is 1. The Morgan fingerprint density at radius 1 is 1.00 bits per heavy atom. The Morgan fingerprint density at radius 2 is 1.58 bits per heavy atom. The number of benzene rings is 2. The standard InChI is InChI=1S/C20H24O4/c1-4-14-10-8-11-15(5-2)19(14)24-13-16-9-6-7-12-17(16)18(21)20(22)23-3/h6-12,18,21H,4-5,13H2,1-3H3. The molecule has 1 unspecified atom stereocenters. The summed E-state index contributed by atoms with van der Waals surface area (Å²) in [6.07, 6.45) is 0.465. The van der Waals surface area contributed by atoms with E-state index in [1.807, 2.05) is 18.2 Å². The first-order chi connectivity index (χ1) is 11.6. The molecule has 0 aliphatic rings. The minimum atomic E-state index is -1.30. The van der Waals surface area contributed by atoms with Crippen molar-refractivity contribution in [3.8, 4) is 5.75 Å². The fraction of sp³-hybridized carbons (Fsp3) is 0.350. The van der Waals surface area contributed by atoms with Crippen LogP contribution in [0.3, 0.4) is 0 Å². The fourth-order valence-corrected chi connectivity index (χ4v) is 2.70. The molecule has 0 heterocycles. The van der Waals surface area contributed by atoms with Crippen molar-refractivity contribution >= 4 is 5.97 Å². The van der Waals surface area contributed by atoms with Gasteiger partial charge in [-0.2, -0.15) is 0 Å². The van der Waals surface area contributed by atoms with Gasteiger partial charge in [-0.15, -0.1) is 0 Å². The minimum Gasteiger partial charge on any atom is -0.488 e. The maximum atomic E-state index is 11.6. The van der Waals surface area contributed by atoms with Crippen molar-refractivity contribution in [2.24, 2.45) is 0 Å². The number of methoxy groups -OCH3 is 1. The van der Waals surface area contributed by atoms with Gasteiger partial charge in [0.15, 0.2) is 6.10 Å². The molecule has 1 N–H and O–H groups in total. The summed E-state index contributed by atoms with van der Waals surface area (Å²) in [7, 11) is 1.26. The van der Waals surface area contributed by atoms with Gasteiger partial charge in [-0.1, -0.05) is 56.3 Å². The number of rotatable bonds is 7. The molecule has 0 fully saturated rings. The van der Waals surface area contributed by atoms with Crippen molar-refractivity contribution in [3.05, 3.63) is 64.7 Å². The summed E-state index contributed by atoms with van der Waals surface area (Å²) < 4.78 is 10.7. The molecule has 2 rings (SSSR count). The van der Waals surface area contributed by atoms with Crippen LogP contribution in [0.15, 0.2) is 42.5 Å². The molecular formula is C20H24O4. The van der Waals surface area contributed by atoms with Gasteiger partial charge in [0.1, 0.15) is 12.4 Å². The zero-order valence-electron chi connectivity index (χ0n) is 14.4. The van der Waals surface area contributed by atoms with Crippen LogP contribution >= 0.6 is 0 Å². The second-order valence-electron chi connectivity index (χ2n) is 5.53. The number of aliphatic hydroxyl groups excluding tert-OH is 1. The zero-order valence-corrected chi connectivity index (χ0v) is 14.4. The SMILES string of the molecule is CCc1cccc(CC)c1OCc1ccccc1C(O)C(=O)OC. The van der Waals surface area contributed by atoms with Crippen molar-refractivity contribution in [1.29, 1.82) is 0 Å². The van der Waals surface area contributed by atoms with Crippen LogP contribution in [0.25, 0.3) is 0 Å². The Hall–Kier alpha value is -2.33. The highest BCUT2D eigenvalue weighted by atomic mass is 16.5. The molecule has 0 saturated carbocycles. The van der Waals surface area contributed by atoms with E-state index in [1.54, 1.807) is 12.1 Å². The molecule has 24 heavy (non-hydrogen) atoms. The molecule has 4 nitrogen and oxygen atoms in total. The highest BCUT2D eigenvalue weighted by Gasteiger charge is 2.21. The Kier molecular flexibility index (Phi) is 6.38. The number of carbonyl (C=O) groups excluding carboxylic acids is 1. The van der Waals surface area contributed by atoms with Gasteiger partial charge in [0.25, 0.3) is 0 Å². The monoisotopic (exact) mass is 328 g/mol. The van der Waals surface area contributed by atoms with Crippen LogP contribution in [0.5, 0.6) is 5.75 Å². The molecule has 1 atom stereocenters. The second kappa shape index (κ2) is 8.50. The van der Waals surface area contributed by atoms with E-state index in [-0.39, 0.29) is 6.61 Å². The number of ether oxygens (including phenoxy) is 2. The largest absolute Gasteiger partial charge is 0.488 e. The molecule has 4 heteroatoms. The van der Waals surface area contributed by atoms with Crippen molar-refractivity contribution in [3.63, 3.8) is 0 Å². The summed E-state index contributed by atoms with van der Waals surface area (Å²) in [6, 6.07) is 13.4. The lowest BCUT2D eigenvalue weighted by molar-refractivity contribution is -0.150. The van der Waals surface area contributed by atoms with Gasteiger partial charge in [0.05, 0.1) is 7.11 Å². The fourth-order valence-electron chi connectivity index (χ4n) is 2.70. The van der Waals surface area contributed by atoms with E-state index in [1.165, 1.54) is 7.11 Å². The summed E-state index contributed by atoms with van der Waals surface area (Å²) in [5, 5.41) is 10.1. The smallest absolute Gasteiger partial charge is 0.339 e. The third kappa shape index (κ3) is 3.95. The molecule has 0 spiro atoms. The summed E-state index contributed by atoms with van der Waals surface area (Å²) >= 11 is 0. The third-order valence-corrected chi connectivity index (χ3v) is 4.09. The van der Waals surface area contributed by atoms with Gasteiger partial charge in [0, 0.05) is 0 Å². The molecule has 0 aromatic heterocycles. The van der Waals surface area contributed by atoms with Crippen LogP contribution in [0.2, 0.25) is 0 Å². The van der Waals surface area contributed by atoms with Gasteiger partial charge in [0.2, 0.25) is 0 Å². The summed E-state index contributed by atoms with van der Waals surface area (Å²) in [5.41, 5.74) is 3.58. The molecule has 128 valence electrons. The number of aryl methyl sites for hydroxylation is 2. The van der Waals surface area contributed by atoms with Crippen LogP contribution in [-0.4, -0.2) is 18.2 Å². The van der Waals surface area contributed by atoms with Gasteiger partial charge in [-0.05, 0) is 35.1 Å². The van der Waals surface area contributed by atoms with Crippen LogP contribution in [0.4, 0.5) is 0 Å². The molecule has 0 radical (unpaired) electrons. The highest BCUT2D eigenvalue weighted by Crippen LogP contribution is 2.27. The van der Waals surface area contributed by atoms with E-state index >= 15 is 0 Å². The van der Waals surface area contributed by atoms with E-state index in [9.17, 15) is 9.90 Å². The molecule has 0 bridgehead atoms. The Labute approximate surface area is 143 Å². The molecule has 0 aliphatic carbocycles. The first-order valence-corrected chi connectivity index (χ1v) is 8.19. The van der Waals surface area contributed by atoms with Crippen LogP contribution in [0, 0.1) is 0 Å². The summed E-state index contributed by atoms with van der Waals surface area (Å²) in [5.74, 6) is 0.218. The Bertz CT molecular complexity index is 672. The lowest BCUT2D eigenvalue weighted by atomic mass is 10.0. The van der Waals surface area contributed by atoms with Crippen molar-refractivity contribution in [2.75, 3.05) is 7.11 Å². The minimum absolute atomic E-state index is 0.286. The van der Waals surface area contributed by atoms with Crippen LogP contribution in [0.1, 0.15) is 42.2 Å². The maximum Gasteiger partial charge on any atom is 0.339 e. The van der Waals surface area contributed by atoms with E-state index < -0.39 is 12.1 Å². The number of hydrogen-bond donors (Lipinski definition) is 1. The average molecular weight is 328 g/mol. The Morgan fingerprint density at radius 3 is 2.17 bits per heavy atom. The van der Waals surface area contributed by atoms with E-state index in [2.05, 4.69) is 30.7 Å². The number of hydrogen-bond acceptors (Lipinski definition) is 4. The van der Waals surface area contributed by atoms with E-state index in [0.29, 0.717) is 5.56 Å². The average Bonchev–Trinajstić information content (AvgIpc) is 2.64. The lowest BCUT2D eigenvalue weighted by Crippen LogP contribution is -2.16. The highest BCUT2D eigenvalue weighted by molar-refractivity contribution is 5.76. The summed E-state index contributed by atoms with van der Waals surface area (Å²) in [4.78, 5) is 11.6. The first-order valence-electron chi connectivity index (χ1n) is 8.19. The second-order valence-corrected chi connectivity index (χ2v) is 5.53. The molecule has 0 aliphatic heterocycles. The number of para-hydroxylation sites is 1. The molecular weight excluding hydrogens is 304 g/mol.